The van der Waals surface area contributed by atoms with Gasteiger partial charge in [-0.25, -0.2) is 9.59 Å². The lowest BCUT2D eigenvalue weighted by molar-refractivity contribution is -0.188. The first kappa shape index (κ1) is 15.1. The van der Waals surface area contributed by atoms with Gasteiger partial charge in [0.15, 0.2) is 5.60 Å². The number of nitrogens with zero attached hydrogens (tertiary/aromatic N) is 1. The third-order valence-electron chi connectivity index (χ3n) is 3.74. The number of carbonyl (C=O) groups is 2. The van der Waals surface area contributed by atoms with Crippen LogP contribution in [0, 0.1) is 0 Å². The number of carboxylic acids is 1. The number of ether oxygens (including phenoxy) is 2. The van der Waals surface area contributed by atoms with Crippen molar-refractivity contribution in [1.82, 2.24) is 4.90 Å². The molecule has 1 saturated heterocycles. The fourth-order valence-electron chi connectivity index (χ4n) is 2.52. The van der Waals surface area contributed by atoms with Crippen molar-refractivity contribution < 1.29 is 24.2 Å². The van der Waals surface area contributed by atoms with Crippen molar-refractivity contribution in [2.24, 2.45) is 0 Å². The van der Waals surface area contributed by atoms with Crippen LogP contribution in [0.15, 0.2) is 0 Å². The topological polar surface area (TPSA) is 76.1 Å². The lowest BCUT2D eigenvalue weighted by Gasteiger charge is -2.39. The Morgan fingerprint density at radius 3 is 2.40 bits per heavy atom. The minimum Gasteiger partial charge on any atom is -0.479 e. The Morgan fingerprint density at radius 2 is 1.95 bits per heavy atom. The van der Waals surface area contributed by atoms with E-state index in [-0.39, 0.29) is 12.2 Å². The number of likely N-dealkylation sites (tertiary alicyclic amines) is 1. The predicted octanol–water partition coefficient (Wildman–Crippen LogP) is 2.02. The third-order valence-corrected chi connectivity index (χ3v) is 3.74. The molecule has 2 aliphatic rings. The van der Waals surface area contributed by atoms with E-state index in [2.05, 4.69) is 0 Å². The van der Waals surface area contributed by atoms with Gasteiger partial charge in [0.1, 0.15) is 5.60 Å². The molecule has 0 aromatic carbocycles. The van der Waals surface area contributed by atoms with Crippen LogP contribution >= 0.6 is 0 Å². The lowest BCUT2D eigenvalue weighted by atomic mass is 9.80. The molecule has 1 atom stereocenters. The minimum atomic E-state index is -1.02. The van der Waals surface area contributed by atoms with Crippen molar-refractivity contribution in [2.75, 3.05) is 13.1 Å². The third kappa shape index (κ3) is 3.23. The van der Waals surface area contributed by atoms with Crippen LogP contribution in [0.1, 0.15) is 46.5 Å². The van der Waals surface area contributed by atoms with Crippen LogP contribution in [0.3, 0.4) is 0 Å². The molecule has 2 rings (SSSR count). The summed E-state index contributed by atoms with van der Waals surface area (Å²) in [5, 5.41) is 9.24. The largest absolute Gasteiger partial charge is 0.479 e. The summed E-state index contributed by atoms with van der Waals surface area (Å²) in [4.78, 5) is 24.8. The Bertz CT molecular complexity index is 397. The fourth-order valence-corrected chi connectivity index (χ4v) is 2.52. The van der Waals surface area contributed by atoms with Crippen molar-refractivity contribution >= 4 is 12.1 Å². The molecule has 1 heterocycles. The number of amides is 1. The number of aliphatic carboxylic acids is 1. The second-order valence-corrected chi connectivity index (χ2v) is 6.61. The average Bonchev–Trinajstić information content (AvgIpc) is 2.68. The summed E-state index contributed by atoms with van der Waals surface area (Å²) in [6.07, 6.45) is 2.10. The van der Waals surface area contributed by atoms with E-state index in [4.69, 9.17) is 9.47 Å². The summed E-state index contributed by atoms with van der Waals surface area (Å²) in [5.41, 5.74) is -1.54. The van der Waals surface area contributed by atoms with Gasteiger partial charge in [0.05, 0.1) is 12.6 Å². The van der Waals surface area contributed by atoms with Gasteiger partial charge >= 0.3 is 12.1 Å². The first-order chi connectivity index (χ1) is 9.22. The zero-order chi connectivity index (χ0) is 15.0. The molecule has 1 aliphatic carbocycles. The minimum absolute atomic E-state index is 0.209. The summed E-state index contributed by atoms with van der Waals surface area (Å²) < 4.78 is 11.1. The summed E-state index contributed by atoms with van der Waals surface area (Å²) in [7, 11) is 0. The van der Waals surface area contributed by atoms with Gasteiger partial charge in [0, 0.05) is 6.54 Å². The van der Waals surface area contributed by atoms with E-state index in [1.165, 1.54) is 0 Å². The Labute approximate surface area is 119 Å². The van der Waals surface area contributed by atoms with E-state index < -0.39 is 17.2 Å². The fraction of sp³-hybridized carbons (Fsp3) is 0.857. The van der Waals surface area contributed by atoms with Crippen molar-refractivity contribution in [3.05, 3.63) is 0 Å². The molecule has 1 N–H and O–H groups in total. The van der Waals surface area contributed by atoms with Gasteiger partial charge in [-0.3, -0.25) is 0 Å². The van der Waals surface area contributed by atoms with Gasteiger partial charge in [-0.2, -0.15) is 0 Å². The molecule has 1 aliphatic heterocycles. The van der Waals surface area contributed by atoms with Crippen LogP contribution in [-0.2, 0) is 14.3 Å². The van der Waals surface area contributed by atoms with E-state index in [0.29, 0.717) is 32.4 Å². The highest BCUT2D eigenvalue weighted by Crippen LogP contribution is 2.38. The number of carbonyl (C=O) groups excluding carboxylic acids is 1. The Balaban J connectivity index is 1.86. The highest BCUT2D eigenvalue weighted by molar-refractivity contribution is 5.78. The molecule has 0 radical (unpaired) electrons. The molecule has 0 spiro atoms. The zero-order valence-corrected chi connectivity index (χ0v) is 12.3. The van der Waals surface area contributed by atoms with Gasteiger partial charge < -0.3 is 19.5 Å². The standard InChI is InChI=1S/C14H23NO5/c1-13(2,3)20-12(18)15-8-5-10(9-15)19-14(11(16)17)6-4-7-14/h10H,4-9H2,1-3H3,(H,16,17)/t10-/m0/s1. The van der Waals surface area contributed by atoms with Crippen LogP contribution in [0.2, 0.25) is 0 Å². The number of rotatable bonds is 3. The summed E-state index contributed by atoms with van der Waals surface area (Å²) in [6.45, 7) is 6.42. The zero-order valence-electron chi connectivity index (χ0n) is 12.3. The molecule has 1 saturated carbocycles. The molecule has 6 heteroatoms. The van der Waals surface area contributed by atoms with Crippen molar-refractivity contribution in [3.8, 4) is 0 Å². The summed E-state index contributed by atoms with van der Waals surface area (Å²) in [6, 6.07) is 0. The highest BCUT2D eigenvalue weighted by Gasteiger charge is 2.48. The van der Waals surface area contributed by atoms with Crippen LogP contribution in [-0.4, -0.2) is 52.5 Å². The van der Waals surface area contributed by atoms with E-state index >= 15 is 0 Å². The first-order valence-electron chi connectivity index (χ1n) is 7.11. The maximum Gasteiger partial charge on any atom is 0.410 e. The van der Waals surface area contributed by atoms with Gasteiger partial charge in [-0.15, -0.1) is 0 Å². The van der Waals surface area contributed by atoms with E-state index in [1.54, 1.807) is 4.90 Å². The highest BCUT2D eigenvalue weighted by atomic mass is 16.6. The number of hydrogen-bond acceptors (Lipinski definition) is 4. The number of carboxylic acid groups (broad SMARTS) is 1. The molecule has 0 aromatic heterocycles. The van der Waals surface area contributed by atoms with Gasteiger partial charge in [0.25, 0.3) is 0 Å². The molecule has 0 unspecified atom stereocenters. The van der Waals surface area contributed by atoms with E-state index in [0.717, 1.165) is 6.42 Å². The molecule has 1 amide bonds. The quantitative estimate of drug-likeness (QED) is 0.858. The molecule has 0 aromatic rings. The van der Waals surface area contributed by atoms with Crippen LogP contribution < -0.4 is 0 Å². The van der Waals surface area contributed by atoms with Crippen LogP contribution in [0.25, 0.3) is 0 Å². The molecule has 2 fully saturated rings. The predicted molar refractivity (Wildman–Crippen MR) is 71.5 cm³/mol. The second kappa shape index (κ2) is 5.24. The second-order valence-electron chi connectivity index (χ2n) is 6.61. The van der Waals surface area contributed by atoms with Gasteiger partial charge in [0.2, 0.25) is 0 Å². The first-order valence-corrected chi connectivity index (χ1v) is 7.11. The molecule has 6 nitrogen and oxygen atoms in total. The number of hydrogen-bond donors (Lipinski definition) is 1. The maximum absolute atomic E-state index is 11.9. The molecule has 20 heavy (non-hydrogen) atoms. The summed E-state index contributed by atoms with van der Waals surface area (Å²) in [5.74, 6) is -0.889. The van der Waals surface area contributed by atoms with Crippen molar-refractivity contribution in [3.63, 3.8) is 0 Å². The Morgan fingerprint density at radius 1 is 1.30 bits per heavy atom. The van der Waals surface area contributed by atoms with Crippen LogP contribution in [0.4, 0.5) is 4.79 Å². The Hall–Kier alpha value is -1.30. The van der Waals surface area contributed by atoms with Crippen LogP contribution in [0.5, 0.6) is 0 Å². The van der Waals surface area contributed by atoms with Gasteiger partial charge in [-0.1, -0.05) is 0 Å². The van der Waals surface area contributed by atoms with E-state index in [9.17, 15) is 14.7 Å². The molecular weight excluding hydrogens is 262 g/mol. The lowest BCUT2D eigenvalue weighted by Crippen LogP contribution is -2.50. The SMILES string of the molecule is CC(C)(C)OC(=O)N1CC[C@H](OC2(C(=O)O)CCC2)C1. The Kier molecular flexibility index (Phi) is 3.95. The average molecular weight is 285 g/mol. The molecule has 0 bridgehead atoms. The monoisotopic (exact) mass is 285 g/mol. The maximum atomic E-state index is 11.9. The van der Waals surface area contributed by atoms with E-state index in [1.807, 2.05) is 20.8 Å². The molecular formula is C14H23NO5. The normalized spacial score (nSPS) is 25.1. The van der Waals surface area contributed by atoms with Crippen molar-refractivity contribution in [1.29, 1.82) is 0 Å². The smallest absolute Gasteiger partial charge is 0.410 e. The van der Waals surface area contributed by atoms with Crippen molar-refractivity contribution in [2.45, 2.75) is 63.8 Å². The summed E-state index contributed by atoms with van der Waals surface area (Å²) >= 11 is 0. The molecule has 114 valence electrons. The van der Waals surface area contributed by atoms with Gasteiger partial charge in [-0.05, 0) is 46.5 Å².